The van der Waals surface area contributed by atoms with Gasteiger partial charge in [0.05, 0.1) is 16.7 Å². The third-order valence-electron chi connectivity index (χ3n) is 10.2. The molecule has 0 saturated carbocycles. The molecule has 0 unspecified atom stereocenters. The molecule has 0 bridgehead atoms. The molecule has 0 aliphatic rings. The molecule has 0 aliphatic carbocycles. The molecule has 0 N–H and O–H groups in total. The molecule has 11 aromatic rings. The molecule has 7 aromatic carbocycles. The predicted octanol–water partition coefficient (Wildman–Crippen LogP) is 13.4. The first-order valence-electron chi connectivity index (χ1n) is 17.2. The van der Waals surface area contributed by atoms with Crippen LogP contribution in [0.4, 0.5) is 0 Å². The highest BCUT2D eigenvalue weighted by molar-refractivity contribution is 7.25. The summed E-state index contributed by atoms with van der Waals surface area (Å²) in [7, 11) is 0. The molecule has 4 heteroatoms. The maximum Gasteiger partial charge on any atom is 0.143 e. The number of benzene rings is 7. The Labute approximate surface area is 297 Å². The van der Waals surface area contributed by atoms with E-state index in [9.17, 15) is 0 Å². The van der Waals surface area contributed by atoms with Crippen LogP contribution in [0.2, 0.25) is 0 Å². The highest BCUT2D eigenvalue weighted by Crippen LogP contribution is 2.40. The Morgan fingerprint density at radius 3 is 2.14 bits per heavy atom. The van der Waals surface area contributed by atoms with Gasteiger partial charge in [0, 0.05) is 64.7 Å². The summed E-state index contributed by atoms with van der Waals surface area (Å²) in [5, 5.41) is 7.22. The van der Waals surface area contributed by atoms with Gasteiger partial charge in [-0.1, -0.05) is 109 Å². The van der Waals surface area contributed by atoms with E-state index in [1.165, 1.54) is 53.1 Å². The summed E-state index contributed by atoms with van der Waals surface area (Å²) in [5.41, 5.74) is 12.0. The van der Waals surface area contributed by atoms with Crippen molar-refractivity contribution < 1.29 is 4.42 Å². The summed E-state index contributed by atoms with van der Waals surface area (Å²) in [5.74, 6) is 0. The fraction of sp³-hybridized carbons (Fsp3) is 0. The Hall–Kier alpha value is -6.49. The van der Waals surface area contributed by atoms with Gasteiger partial charge in [-0.05, 0) is 71.3 Å². The Morgan fingerprint density at radius 2 is 1.18 bits per heavy atom. The molecular weight excluding hydrogens is 641 g/mol. The average Bonchev–Trinajstić information content (AvgIpc) is 3.87. The SMILES string of the molecule is c1cc(-c2ccc3c(c2)c2ccccc2n3-c2cccc(-c3cc4sc5ccccc5c4cn3)c2)cc(-c2cccc3c2oc2ccccc23)c1. The van der Waals surface area contributed by atoms with Gasteiger partial charge in [0.15, 0.2) is 0 Å². The fourth-order valence-corrected chi connectivity index (χ4v) is 8.97. The second-order valence-electron chi connectivity index (χ2n) is 13.2. The molecule has 0 radical (unpaired) electrons. The molecule has 0 fully saturated rings. The monoisotopic (exact) mass is 668 g/mol. The minimum Gasteiger partial charge on any atom is -0.455 e. The maximum absolute atomic E-state index is 6.40. The molecule has 51 heavy (non-hydrogen) atoms. The van der Waals surface area contributed by atoms with E-state index < -0.39 is 0 Å². The van der Waals surface area contributed by atoms with Crippen molar-refractivity contribution in [2.24, 2.45) is 0 Å². The lowest BCUT2D eigenvalue weighted by atomic mass is 9.97. The highest BCUT2D eigenvalue weighted by atomic mass is 32.1. The first kappa shape index (κ1) is 28.4. The lowest BCUT2D eigenvalue weighted by molar-refractivity contribution is 0.670. The van der Waals surface area contributed by atoms with Gasteiger partial charge < -0.3 is 8.98 Å². The molecular formula is C47H28N2OS. The zero-order chi connectivity index (χ0) is 33.5. The Bertz CT molecular complexity index is 3160. The van der Waals surface area contributed by atoms with Gasteiger partial charge in [0.1, 0.15) is 11.2 Å². The molecule has 3 nitrogen and oxygen atoms in total. The topological polar surface area (TPSA) is 31.0 Å². The van der Waals surface area contributed by atoms with E-state index in [-0.39, 0.29) is 0 Å². The molecule has 238 valence electrons. The van der Waals surface area contributed by atoms with Crippen LogP contribution in [0.1, 0.15) is 0 Å². The standard InChI is InChI=1S/C47H28N2OS/c1-4-19-42-35(14-1)39-26-30(29-10-7-11-31(24-29)34-17-9-18-38-36-15-2-5-20-44(36)50-47(34)38)22-23-43(39)49(42)33-13-8-12-32(25-33)41-27-46-40(28-48-41)37-16-3-6-21-45(37)51-46/h1-28H. The van der Waals surface area contributed by atoms with Crippen LogP contribution in [-0.2, 0) is 0 Å². The number of aromatic nitrogens is 2. The smallest absolute Gasteiger partial charge is 0.143 e. The normalized spacial score (nSPS) is 11.9. The van der Waals surface area contributed by atoms with Crippen LogP contribution in [0.25, 0.3) is 103 Å². The zero-order valence-corrected chi connectivity index (χ0v) is 28.2. The van der Waals surface area contributed by atoms with Crippen molar-refractivity contribution in [1.29, 1.82) is 0 Å². The number of fused-ring (bicyclic) bond motifs is 9. The average molecular weight is 669 g/mol. The lowest BCUT2D eigenvalue weighted by Crippen LogP contribution is -1.94. The third kappa shape index (κ3) is 4.40. The van der Waals surface area contributed by atoms with Crippen molar-refractivity contribution in [1.82, 2.24) is 9.55 Å². The van der Waals surface area contributed by atoms with Crippen LogP contribution in [-0.4, -0.2) is 9.55 Å². The number of hydrogen-bond acceptors (Lipinski definition) is 3. The van der Waals surface area contributed by atoms with Gasteiger partial charge in [-0.2, -0.15) is 0 Å². The number of hydrogen-bond donors (Lipinski definition) is 0. The minimum absolute atomic E-state index is 0.914. The van der Waals surface area contributed by atoms with Crippen LogP contribution in [0.3, 0.4) is 0 Å². The molecule has 0 aliphatic heterocycles. The van der Waals surface area contributed by atoms with E-state index in [0.717, 1.165) is 50.0 Å². The Kier molecular flexibility index (Phi) is 6.12. The summed E-state index contributed by atoms with van der Waals surface area (Å²) in [4.78, 5) is 4.94. The van der Waals surface area contributed by atoms with E-state index in [1.807, 2.05) is 29.7 Å². The molecule has 0 spiro atoms. The summed E-state index contributed by atoms with van der Waals surface area (Å²) < 4.78 is 11.3. The highest BCUT2D eigenvalue weighted by Gasteiger charge is 2.16. The largest absolute Gasteiger partial charge is 0.455 e. The van der Waals surface area contributed by atoms with Gasteiger partial charge in [-0.15, -0.1) is 11.3 Å². The van der Waals surface area contributed by atoms with Crippen molar-refractivity contribution in [3.05, 3.63) is 170 Å². The minimum atomic E-state index is 0.914. The van der Waals surface area contributed by atoms with Gasteiger partial charge in [0.25, 0.3) is 0 Å². The van der Waals surface area contributed by atoms with Crippen molar-refractivity contribution in [3.8, 4) is 39.2 Å². The summed E-state index contributed by atoms with van der Waals surface area (Å²) in [6, 6.07) is 58.7. The van der Waals surface area contributed by atoms with Crippen molar-refractivity contribution in [2.45, 2.75) is 0 Å². The van der Waals surface area contributed by atoms with Crippen molar-refractivity contribution in [3.63, 3.8) is 0 Å². The summed E-state index contributed by atoms with van der Waals surface area (Å²) in [6.45, 7) is 0. The van der Waals surface area contributed by atoms with Gasteiger partial charge in [-0.25, -0.2) is 0 Å². The third-order valence-corrected chi connectivity index (χ3v) is 11.4. The molecule has 0 amide bonds. The van der Waals surface area contributed by atoms with E-state index in [0.29, 0.717) is 0 Å². The number of thiophene rings is 1. The molecule has 11 rings (SSSR count). The van der Waals surface area contributed by atoms with Crippen LogP contribution < -0.4 is 0 Å². The van der Waals surface area contributed by atoms with Crippen molar-refractivity contribution in [2.75, 3.05) is 0 Å². The van der Waals surface area contributed by atoms with Crippen LogP contribution in [0, 0.1) is 0 Å². The second-order valence-corrected chi connectivity index (χ2v) is 14.2. The molecule has 0 saturated heterocycles. The molecule has 4 aromatic heterocycles. The van der Waals surface area contributed by atoms with Crippen LogP contribution >= 0.6 is 11.3 Å². The fourth-order valence-electron chi connectivity index (χ4n) is 7.85. The van der Waals surface area contributed by atoms with E-state index in [1.54, 1.807) is 0 Å². The van der Waals surface area contributed by atoms with E-state index in [2.05, 4.69) is 156 Å². The Morgan fingerprint density at radius 1 is 0.451 bits per heavy atom. The Balaban J connectivity index is 1.02. The van der Waals surface area contributed by atoms with Gasteiger partial charge >= 0.3 is 0 Å². The number of para-hydroxylation sites is 3. The van der Waals surface area contributed by atoms with Crippen molar-refractivity contribution >= 4 is 75.3 Å². The van der Waals surface area contributed by atoms with E-state index in [4.69, 9.17) is 9.40 Å². The number of rotatable bonds is 4. The second kappa shape index (κ2) is 11.0. The zero-order valence-electron chi connectivity index (χ0n) is 27.4. The van der Waals surface area contributed by atoms with Gasteiger partial charge in [0.2, 0.25) is 0 Å². The van der Waals surface area contributed by atoms with E-state index >= 15 is 0 Å². The number of nitrogens with zero attached hydrogens (tertiary/aromatic N) is 2. The van der Waals surface area contributed by atoms with Crippen LogP contribution in [0.5, 0.6) is 0 Å². The van der Waals surface area contributed by atoms with Gasteiger partial charge in [-0.3, -0.25) is 4.98 Å². The first-order valence-corrected chi connectivity index (χ1v) is 18.0. The number of pyridine rings is 1. The number of furan rings is 1. The quantitative estimate of drug-likeness (QED) is 0.187. The lowest BCUT2D eigenvalue weighted by Gasteiger charge is -2.11. The summed E-state index contributed by atoms with van der Waals surface area (Å²) in [6.07, 6.45) is 2.03. The predicted molar refractivity (Wildman–Crippen MR) is 215 cm³/mol. The van der Waals surface area contributed by atoms with Crippen LogP contribution in [0.15, 0.2) is 174 Å². The molecule has 0 atom stereocenters. The molecule has 4 heterocycles. The first-order chi connectivity index (χ1) is 25.3. The maximum atomic E-state index is 6.40. The summed E-state index contributed by atoms with van der Waals surface area (Å²) >= 11 is 1.83.